The Kier molecular flexibility index (Phi) is 4.74. The minimum Gasteiger partial charge on any atom is -0.361 e. The fourth-order valence-electron chi connectivity index (χ4n) is 3.79. The second-order valence-electron chi connectivity index (χ2n) is 6.97. The van der Waals surface area contributed by atoms with Gasteiger partial charge in [-0.15, -0.1) is 0 Å². The summed E-state index contributed by atoms with van der Waals surface area (Å²) in [6.45, 7) is 0.715. The summed E-state index contributed by atoms with van der Waals surface area (Å²) in [7, 11) is -3.28. The van der Waals surface area contributed by atoms with Gasteiger partial charge in [-0.3, -0.25) is 4.79 Å². The lowest BCUT2D eigenvalue weighted by atomic mass is 10.1. The van der Waals surface area contributed by atoms with Crippen molar-refractivity contribution in [1.29, 1.82) is 0 Å². The topological polar surface area (TPSA) is 70.2 Å². The van der Waals surface area contributed by atoms with Crippen LogP contribution in [0.2, 0.25) is 0 Å². The minimum atomic E-state index is -3.28. The second-order valence-corrected chi connectivity index (χ2v) is 9.28. The van der Waals surface area contributed by atoms with Crippen LogP contribution >= 0.6 is 0 Å². The van der Waals surface area contributed by atoms with Gasteiger partial charge in [0.25, 0.3) is 0 Å². The van der Waals surface area contributed by atoms with Crippen molar-refractivity contribution in [3.8, 4) is 0 Å². The van der Waals surface area contributed by atoms with Gasteiger partial charge in [-0.25, -0.2) is 8.42 Å². The van der Waals surface area contributed by atoms with Gasteiger partial charge in [0.2, 0.25) is 5.91 Å². The van der Waals surface area contributed by atoms with Gasteiger partial charge in [0.05, 0.1) is 17.4 Å². The SMILES string of the molecule is O=C(Cc1c[nH]c2ccccc12)N1CC[C@@H](c2ccccc2)S(=O)(=O)CC1. The molecule has 2 heterocycles. The van der Waals surface area contributed by atoms with E-state index in [0.717, 1.165) is 22.0 Å². The predicted molar refractivity (Wildman–Crippen MR) is 106 cm³/mol. The first-order valence-electron chi connectivity index (χ1n) is 9.14. The van der Waals surface area contributed by atoms with Gasteiger partial charge in [0.15, 0.2) is 9.84 Å². The molecule has 0 bridgehead atoms. The van der Waals surface area contributed by atoms with E-state index < -0.39 is 15.1 Å². The molecule has 1 aliphatic rings. The first-order chi connectivity index (χ1) is 13.0. The summed E-state index contributed by atoms with van der Waals surface area (Å²) < 4.78 is 25.4. The maximum Gasteiger partial charge on any atom is 0.227 e. The average molecular weight is 382 g/mol. The molecule has 4 rings (SSSR count). The highest BCUT2D eigenvalue weighted by Crippen LogP contribution is 2.29. The van der Waals surface area contributed by atoms with E-state index in [0.29, 0.717) is 13.0 Å². The van der Waals surface area contributed by atoms with Crippen LogP contribution in [0.5, 0.6) is 0 Å². The van der Waals surface area contributed by atoms with Gasteiger partial charge in [-0.2, -0.15) is 0 Å². The zero-order chi connectivity index (χ0) is 18.9. The number of hydrogen-bond acceptors (Lipinski definition) is 3. The highest BCUT2D eigenvalue weighted by Gasteiger charge is 2.32. The van der Waals surface area contributed by atoms with Gasteiger partial charge in [-0.05, 0) is 23.6 Å². The van der Waals surface area contributed by atoms with Crippen molar-refractivity contribution in [3.05, 3.63) is 71.9 Å². The van der Waals surface area contributed by atoms with Crippen molar-refractivity contribution in [2.75, 3.05) is 18.8 Å². The zero-order valence-electron chi connectivity index (χ0n) is 15.0. The Labute approximate surface area is 158 Å². The molecular formula is C21H22N2O3S. The number of sulfone groups is 1. The monoisotopic (exact) mass is 382 g/mol. The normalized spacial score (nSPS) is 19.7. The number of para-hydroxylation sites is 1. The number of rotatable bonds is 3. The van der Waals surface area contributed by atoms with Crippen LogP contribution in [0.3, 0.4) is 0 Å². The lowest BCUT2D eigenvalue weighted by molar-refractivity contribution is -0.130. The molecular weight excluding hydrogens is 360 g/mol. The van der Waals surface area contributed by atoms with E-state index in [1.165, 1.54) is 0 Å². The molecule has 1 aromatic heterocycles. The third kappa shape index (κ3) is 3.62. The van der Waals surface area contributed by atoms with E-state index in [1.807, 2.05) is 60.8 Å². The van der Waals surface area contributed by atoms with E-state index in [1.54, 1.807) is 4.90 Å². The van der Waals surface area contributed by atoms with Crippen LogP contribution in [0.4, 0.5) is 0 Å². The van der Waals surface area contributed by atoms with E-state index >= 15 is 0 Å². The zero-order valence-corrected chi connectivity index (χ0v) is 15.8. The van der Waals surface area contributed by atoms with Gasteiger partial charge >= 0.3 is 0 Å². The third-order valence-electron chi connectivity index (χ3n) is 5.28. The molecule has 6 heteroatoms. The van der Waals surface area contributed by atoms with Crippen LogP contribution < -0.4 is 0 Å². The molecule has 0 unspecified atom stereocenters. The van der Waals surface area contributed by atoms with Crippen LogP contribution in [0.1, 0.15) is 22.8 Å². The lowest BCUT2D eigenvalue weighted by Crippen LogP contribution is -2.34. The van der Waals surface area contributed by atoms with E-state index in [-0.39, 0.29) is 24.6 Å². The summed E-state index contributed by atoms with van der Waals surface area (Å²) >= 11 is 0. The van der Waals surface area contributed by atoms with Crippen molar-refractivity contribution >= 4 is 26.6 Å². The van der Waals surface area contributed by atoms with Crippen LogP contribution in [0.15, 0.2) is 60.8 Å². The van der Waals surface area contributed by atoms with Crippen molar-refractivity contribution in [2.24, 2.45) is 0 Å². The average Bonchev–Trinajstić information content (AvgIpc) is 3.00. The molecule has 0 spiro atoms. The van der Waals surface area contributed by atoms with Crippen molar-refractivity contribution in [3.63, 3.8) is 0 Å². The number of nitrogens with one attached hydrogen (secondary N) is 1. The number of amides is 1. The molecule has 1 fully saturated rings. The Morgan fingerprint density at radius 1 is 1.04 bits per heavy atom. The first-order valence-corrected chi connectivity index (χ1v) is 10.9. The number of carbonyl (C=O) groups excluding carboxylic acids is 1. The van der Waals surface area contributed by atoms with E-state index in [9.17, 15) is 13.2 Å². The number of fused-ring (bicyclic) bond motifs is 1. The number of benzene rings is 2. The second kappa shape index (κ2) is 7.19. The quantitative estimate of drug-likeness (QED) is 0.757. The largest absolute Gasteiger partial charge is 0.361 e. The summed E-state index contributed by atoms with van der Waals surface area (Å²) in [5.41, 5.74) is 2.76. The fraction of sp³-hybridized carbons (Fsp3) is 0.286. The Bertz CT molecular complexity index is 1060. The molecule has 1 N–H and O–H groups in total. The maximum atomic E-state index is 12.8. The summed E-state index contributed by atoms with van der Waals surface area (Å²) in [6, 6.07) is 17.2. The molecule has 1 atom stereocenters. The summed E-state index contributed by atoms with van der Waals surface area (Å²) in [4.78, 5) is 17.7. The number of H-pyrrole nitrogens is 1. The van der Waals surface area contributed by atoms with Gasteiger partial charge < -0.3 is 9.88 Å². The van der Waals surface area contributed by atoms with Crippen molar-refractivity contribution in [1.82, 2.24) is 9.88 Å². The highest BCUT2D eigenvalue weighted by molar-refractivity contribution is 7.91. The molecule has 0 saturated carbocycles. The summed E-state index contributed by atoms with van der Waals surface area (Å²) in [6.07, 6.45) is 2.58. The molecule has 27 heavy (non-hydrogen) atoms. The van der Waals surface area contributed by atoms with Crippen molar-refractivity contribution in [2.45, 2.75) is 18.1 Å². The van der Waals surface area contributed by atoms with Crippen LogP contribution in [0.25, 0.3) is 10.9 Å². The van der Waals surface area contributed by atoms with Crippen LogP contribution in [-0.2, 0) is 21.1 Å². The predicted octanol–water partition coefficient (Wildman–Crippen LogP) is 3.10. The molecule has 1 aliphatic heterocycles. The Morgan fingerprint density at radius 2 is 1.78 bits per heavy atom. The number of aromatic amines is 1. The first kappa shape index (κ1) is 17.8. The third-order valence-corrected chi connectivity index (χ3v) is 7.41. The maximum absolute atomic E-state index is 12.8. The molecule has 3 aromatic rings. The van der Waals surface area contributed by atoms with Gasteiger partial charge in [0, 0.05) is 30.2 Å². The molecule has 2 aromatic carbocycles. The fourth-order valence-corrected chi connectivity index (χ4v) is 5.58. The summed E-state index contributed by atoms with van der Waals surface area (Å²) in [5, 5.41) is 0.500. The Balaban J connectivity index is 1.51. The number of hydrogen-bond donors (Lipinski definition) is 1. The van der Waals surface area contributed by atoms with Crippen molar-refractivity contribution < 1.29 is 13.2 Å². The number of nitrogens with zero attached hydrogens (tertiary/aromatic N) is 1. The van der Waals surface area contributed by atoms with Crippen LogP contribution in [0, 0.1) is 0 Å². The molecule has 0 aliphatic carbocycles. The van der Waals surface area contributed by atoms with Gasteiger partial charge in [-0.1, -0.05) is 48.5 Å². The molecule has 0 radical (unpaired) electrons. The Hall–Kier alpha value is -2.60. The number of carbonyl (C=O) groups is 1. The van der Waals surface area contributed by atoms with Gasteiger partial charge in [0.1, 0.15) is 0 Å². The number of aromatic nitrogens is 1. The summed E-state index contributed by atoms with van der Waals surface area (Å²) in [5.74, 6) is -0.0182. The standard InChI is InChI=1S/C21H22N2O3S/c24-21(14-17-15-22-19-9-5-4-8-18(17)19)23-11-10-20(27(25,26)13-12-23)16-6-2-1-3-7-16/h1-9,15,20,22H,10-14H2/t20-/m0/s1. The minimum absolute atomic E-state index is 0.00614. The molecule has 1 amide bonds. The smallest absolute Gasteiger partial charge is 0.227 e. The lowest BCUT2D eigenvalue weighted by Gasteiger charge is -2.20. The molecule has 140 valence electrons. The molecule has 1 saturated heterocycles. The van der Waals surface area contributed by atoms with E-state index in [4.69, 9.17) is 0 Å². The van der Waals surface area contributed by atoms with E-state index in [2.05, 4.69) is 4.98 Å². The molecule has 5 nitrogen and oxygen atoms in total. The highest BCUT2D eigenvalue weighted by atomic mass is 32.2. The Morgan fingerprint density at radius 3 is 2.59 bits per heavy atom. The van der Waals surface area contributed by atoms with Crippen LogP contribution in [-0.4, -0.2) is 43.1 Å².